The third-order valence-electron chi connectivity index (χ3n) is 7.21. The number of anilines is 3. The fourth-order valence-electron chi connectivity index (χ4n) is 4.92. The molecule has 1 amide bonds. The van der Waals surface area contributed by atoms with Crippen LogP contribution in [0.5, 0.6) is 0 Å². The van der Waals surface area contributed by atoms with E-state index in [-0.39, 0.29) is 22.8 Å². The van der Waals surface area contributed by atoms with Crippen LogP contribution in [0.4, 0.5) is 21.8 Å². The molecule has 2 fully saturated rings. The zero-order valence-electron chi connectivity index (χ0n) is 21.3. The number of nitrogen functional groups attached to an aromatic ring is 1. The van der Waals surface area contributed by atoms with Crippen LogP contribution in [-0.2, 0) is 4.79 Å². The van der Waals surface area contributed by atoms with E-state index in [0.717, 1.165) is 13.1 Å². The molecule has 11 heteroatoms. The van der Waals surface area contributed by atoms with E-state index in [1.54, 1.807) is 17.9 Å². The number of para-hydroxylation sites is 1. The molecule has 0 atom stereocenters. The summed E-state index contributed by atoms with van der Waals surface area (Å²) in [6.07, 6.45) is 1.32. The molecule has 0 saturated carbocycles. The Morgan fingerprint density at radius 1 is 1.16 bits per heavy atom. The van der Waals surface area contributed by atoms with Gasteiger partial charge in [-0.2, -0.15) is 4.98 Å². The van der Waals surface area contributed by atoms with Crippen LogP contribution in [0.3, 0.4) is 0 Å². The van der Waals surface area contributed by atoms with E-state index in [2.05, 4.69) is 21.4 Å². The predicted octanol–water partition coefficient (Wildman–Crippen LogP) is 1.40. The van der Waals surface area contributed by atoms with Crippen LogP contribution in [0.2, 0.25) is 0 Å². The molecule has 1 aromatic carbocycles. The first-order valence-electron chi connectivity index (χ1n) is 12.3. The molecule has 2 aliphatic rings. The van der Waals surface area contributed by atoms with Gasteiger partial charge in [-0.25, -0.2) is 9.37 Å². The summed E-state index contributed by atoms with van der Waals surface area (Å²) in [6, 6.07) is 6.53. The second-order valence-corrected chi connectivity index (χ2v) is 9.75. The van der Waals surface area contributed by atoms with Crippen molar-refractivity contribution in [3.8, 4) is 5.69 Å². The topological polar surface area (TPSA) is 104 Å². The van der Waals surface area contributed by atoms with E-state index in [9.17, 15) is 14.0 Å². The summed E-state index contributed by atoms with van der Waals surface area (Å²) in [4.78, 5) is 43.5. The summed E-state index contributed by atoms with van der Waals surface area (Å²) in [5, 5.41) is 0.589. The van der Waals surface area contributed by atoms with Gasteiger partial charge in [-0.15, -0.1) is 0 Å². The number of piperazine rings is 1. The van der Waals surface area contributed by atoms with Gasteiger partial charge in [0.25, 0.3) is 5.56 Å². The Balaban J connectivity index is 1.64. The van der Waals surface area contributed by atoms with Gasteiger partial charge in [0.2, 0.25) is 11.9 Å². The Morgan fingerprint density at radius 2 is 1.86 bits per heavy atom. The van der Waals surface area contributed by atoms with E-state index in [1.807, 2.05) is 25.1 Å². The summed E-state index contributed by atoms with van der Waals surface area (Å²) in [5.41, 5.74) is 6.53. The third-order valence-corrected chi connectivity index (χ3v) is 7.21. The summed E-state index contributed by atoms with van der Waals surface area (Å²) in [5.74, 6) is 0.398. The van der Waals surface area contributed by atoms with Crippen LogP contribution in [0, 0.1) is 12.7 Å². The van der Waals surface area contributed by atoms with Gasteiger partial charge in [0.1, 0.15) is 22.8 Å². The van der Waals surface area contributed by atoms with Crippen molar-refractivity contribution in [2.75, 3.05) is 68.9 Å². The summed E-state index contributed by atoms with van der Waals surface area (Å²) < 4.78 is 16.1. The smallest absolute Gasteiger partial charge is 0.282 e. The van der Waals surface area contributed by atoms with Crippen molar-refractivity contribution < 1.29 is 9.18 Å². The molecule has 4 heterocycles. The van der Waals surface area contributed by atoms with E-state index >= 15 is 0 Å². The highest BCUT2D eigenvalue weighted by molar-refractivity contribution is 5.91. The van der Waals surface area contributed by atoms with Gasteiger partial charge < -0.3 is 25.3 Å². The van der Waals surface area contributed by atoms with Gasteiger partial charge in [0.15, 0.2) is 0 Å². The highest BCUT2D eigenvalue weighted by atomic mass is 19.1. The molecule has 5 rings (SSSR count). The molecule has 3 aromatic rings. The first-order valence-corrected chi connectivity index (χ1v) is 12.3. The van der Waals surface area contributed by atoms with Gasteiger partial charge in [-0.3, -0.25) is 14.2 Å². The lowest BCUT2D eigenvalue weighted by molar-refractivity contribution is -0.126. The number of benzene rings is 1. The molecule has 10 nitrogen and oxygen atoms in total. The molecule has 0 unspecified atom stereocenters. The number of hydrogen-bond acceptors (Lipinski definition) is 8. The summed E-state index contributed by atoms with van der Waals surface area (Å²) in [6.45, 7) is 8.91. The van der Waals surface area contributed by atoms with Crippen molar-refractivity contribution in [3.63, 3.8) is 0 Å². The highest BCUT2D eigenvalue weighted by Gasteiger charge is 2.32. The standard InChI is InChI=1S/C26H31FN8O2/c1-5-21(36)32-9-11-33(12-10-32)24-18-13-16(2)35(23-19(27)7-6-8-20(23)28)25(37)22(18)29-26(30-24)34-14-17(15-34)31(3)4/h5-8,13,17H,1,9-12,14-15,28H2,2-4H3. The number of pyridine rings is 1. The van der Waals surface area contributed by atoms with Crippen molar-refractivity contribution >= 4 is 34.3 Å². The monoisotopic (exact) mass is 506 g/mol. The van der Waals surface area contributed by atoms with E-state index in [4.69, 9.17) is 10.7 Å². The lowest BCUT2D eigenvalue weighted by Gasteiger charge is -2.43. The normalized spacial score (nSPS) is 16.4. The molecule has 2 N–H and O–H groups in total. The zero-order chi connectivity index (χ0) is 26.4. The first-order chi connectivity index (χ1) is 17.7. The van der Waals surface area contributed by atoms with Crippen molar-refractivity contribution in [2.45, 2.75) is 13.0 Å². The Bertz CT molecular complexity index is 1420. The minimum absolute atomic E-state index is 0.0155. The molecule has 194 valence electrons. The molecule has 2 saturated heterocycles. The Morgan fingerprint density at radius 3 is 2.49 bits per heavy atom. The van der Waals surface area contributed by atoms with Crippen LogP contribution in [0.1, 0.15) is 5.69 Å². The second kappa shape index (κ2) is 9.47. The number of likely N-dealkylation sites (N-methyl/N-ethyl adjacent to an activating group) is 1. The maximum atomic E-state index is 14.9. The van der Waals surface area contributed by atoms with Crippen molar-refractivity contribution in [1.82, 2.24) is 24.3 Å². The van der Waals surface area contributed by atoms with Crippen LogP contribution in [0.25, 0.3) is 16.6 Å². The Kier molecular flexibility index (Phi) is 6.32. The maximum Gasteiger partial charge on any atom is 0.282 e. The SMILES string of the molecule is C=CC(=O)N1CCN(c2nc(N3CC(N(C)C)C3)nc3c(=O)n(-c4c(N)cccc4F)c(C)cc23)CC1. The van der Waals surface area contributed by atoms with Crippen LogP contribution in [-0.4, -0.2) is 89.6 Å². The number of carbonyl (C=O) groups excluding carboxylic acids is 1. The van der Waals surface area contributed by atoms with Crippen LogP contribution in [0.15, 0.2) is 41.7 Å². The van der Waals surface area contributed by atoms with Gasteiger partial charge in [0, 0.05) is 51.0 Å². The molecule has 0 radical (unpaired) electrons. The van der Waals surface area contributed by atoms with Crippen LogP contribution < -0.4 is 21.1 Å². The van der Waals surface area contributed by atoms with Crippen molar-refractivity contribution in [2.24, 2.45) is 0 Å². The lowest BCUT2D eigenvalue weighted by Crippen LogP contribution is -2.58. The number of nitrogens with zero attached hydrogens (tertiary/aromatic N) is 7. The number of aryl methyl sites for hydroxylation is 1. The number of rotatable bonds is 5. The number of nitrogens with two attached hydrogens (primary N) is 1. The fraction of sp³-hybridized carbons (Fsp3) is 0.385. The lowest BCUT2D eigenvalue weighted by atomic mass is 10.1. The molecular weight excluding hydrogens is 475 g/mol. The maximum absolute atomic E-state index is 14.9. The fourth-order valence-corrected chi connectivity index (χ4v) is 4.92. The molecule has 2 aromatic heterocycles. The molecule has 0 bridgehead atoms. The zero-order valence-corrected chi connectivity index (χ0v) is 21.3. The van der Waals surface area contributed by atoms with E-state index < -0.39 is 11.4 Å². The predicted molar refractivity (Wildman–Crippen MR) is 143 cm³/mol. The van der Waals surface area contributed by atoms with Crippen molar-refractivity contribution in [3.05, 3.63) is 58.8 Å². The summed E-state index contributed by atoms with van der Waals surface area (Å²) in [7, 11) is 4.05. The molecular formula is C26H31FN8O2. The number of hydrogen-bond donors (Lipinski definition) is 1. The van der Waals surface area contributed by atoms with Gasteiger partial charge >= 0.3 is 0 Å². The average Bonchev–Trinajstić information content (AvgIpc) is 2.84. The highest BCUT2D eigenvalue weighted by Crippen LogP contribution is 2.30. The minimum atomic E-state index is -0.585. The molecule has 2 aliphatic heterocycles. The number of aromatic nitrogens is 3. The third kappa shape index (κ3) is 4.29. The Labute approximate surface area is 214 Å². The molecule has 37 heavy (non-hydrogen) atoms. The first kappa shape index (κ1) is 24.7. The Hall–Kier alpha value is -3.99. The number of amides is 1. The number of halogens is 1. The van der Waals surface area contributed by atoms with E-state index in [0.29, 0.717) is 55.1 Å². The quantitative estimate of drug-likeness (QED) is 0.409. The number of fused-ring (bicyclic) bond motifs is 1. The minimum Gasteiger partial charge on any atom is -0.397 e. The van der Waals surface area contributed by atoms with E-state index in [1.165, 1.54) is 22.8 Å². The largest absolute Gasteiger partial charge is 0.397 e. The molecule has 0 aliphatic carbocycles. The van der Waals surface area contributed by atoms with Gasteiger partial charge in [-0.05, 0) is 45.3 Å². The molecule has 0 spiro atoms. The number of carbonyl (C=O) groups is 1. The van der Waals surface area contributed by atoms with Gasteiger partial charge in [-0.1, -0.05) is 12.6 Å². The van der Waals surface area contributed by atoms with Gasteiger partial charge in [0.05, 0.1) is 11.1 Å². The summed E-state index contributed by atoms with van der Waals surface area (Å²) >= 11 is 0. The second-order valence-electron chi connectivity index (χ2n) is 9.75. The average molecular weight is 507 g/mol. The van der Waals surface area contributed by atoms with Crippen LogP contribution >= 0.6 is 0 Å². The van der Waals surface area contributed by atoms with Crippen molar-refractivity contribution in [1.29, 1.82) is 0 Å².